The summed E-state index contributed by atoms with van der Waals surface area (Å²) in [6.45, 7) is 2.01. The summed E-state index contributed by atoms with van der Waals surface area (Å²) in [6.07, 6.45) is 1.66. The molecule has 1 N–H and O–H groups in total. The fourth-order valence-corrected chi connectivity index (χ4v) is 2.42. The molecule has 0 aliphatic heterocycles. The molecule has 3 aromatic rings. The highest BCUT2D eigenvalue weighted by Gasteiger charge is 2.07. The van der Waals surface area contributed by atoms with E-state index < -0.39 is 0 Å². The second kappa shape index (κ2) is 7.42. The highest BCUT2D eigenvalue weighted by atomic mass is 16.1. The van der Waals surface area contributed by atoms with Gasteiger partial charge in [-0.15, -0.1) is 0 Å². The first-order valence-corrected chi connectivity index (χ1v) is 7.92. The summed E-state index contributed by atoms with van der Waals surface area (Å²) >= 11 is 0. The summed E-state index contributed by atoms with van der Waals surface area (Å²) in [5, 5.41) is 3.35. The zero-order chi connectivity index (χ0) is 16.8. The molecular formula is C22H19NO. The molecule has 24 heavy (non-hydrogen) atoms. The van der Waals surface area contributed by atoms with Crippen LogP contribution in [0.25, 0.3) is 5.70 Å². The number of aryl methyl sites for hydroxylation is 1. The first-order chi connectivity index (χ1) is 11.7. The van der Waals surface area contributed by atoms with E-state index in [0.717, 1.165) is 22.5 Å². The minimum atomic E-state index is -0.0164. The minimum absolute atomic E-state index is 0.0164. The van der Waals surface area contributed by atoms with Crippen LogP contribution in [0.15, 0.2) is 91.0 Å². The summed E-state index contributed by atoms with van der Waals surface area (Å²) in [5.41, 5.74) is 4.53. The summed E-state index contributed by atoms with van der Waals surface area (Å²) in [6, 6.07) is 27.4. The van der Waals surface area contributed by atoms with E-state index in [-0.39, 0.29) is 5.78 Å². The number of allylic oxidation sites excluding steroid dienone is 1. The van der Waals surface area contributed by atoms with Gasteiger partial charge in [0, 0.05) is 23.0 Å². The Hall–Kier alpha value is -3.13. The maximum absolute atomic E-state index is 12.6. The number of carbonyl (C=O) groups excluding carboxylic acids is 1. The maximum atomic E-state index is 12.6. The van der Waals surface area contributed by atoms with Crippen LogP contribution < -0.4 is 5.32 Å². The van der Waals surface area contributed by atoms with Crippen molar-refractivity contribution in [3.8, 4) is 0 Å². The molecule has 0 unspecified atom stereocenters. The predicted octanol–water partition coefficient (Wildman–Crippen LogP) is 5.33. The molecular weight excluding hydrogens is 294 g/mol. The zero-order valence-corrected chi connectivity index (χ0v) is 13.6. The molecule has 3 aromatic carbocycles. The van der Waals surface area contributed by atoms with Gasteiger partial charge in [-0.25, -0.2) is 0 Å². The lowest BCUT2D eigenvalue weighted by molar-refractivity contribution is 0.104. The normalized spacial score (nSPS) is 11.1. The van der Waals surface area contributed by atoms with Gasteiger partial charge in [0.25, 0.3) is 0 Å². The lowest BCUT2D eigenvalue weighted by Gasteiger charge is -2.11. The summed E-state index contributed by atoms with van der Waals surface area (Å²) in [7, 11) is 0. The quantitative estimate of drug-likeness (QED) is 0.509. The minimum Gasteiger partial charge on any atom is -0.355 e. The number of hydrogen-bond acceptors (Lipinski definition) is 2. The molecule has 0 spiro atoms. The van der Waals surface area contributed by atoms with Crippen molar-refractivity contribution < 1.29 is 4.79 Å². The average Bonchev–Trinajstić information content (AvgIpc) is 2.63. The van der Waals surface area contributed by atoms with Gasteiger partial charge in [-0.3, -0.25) is 4.79 Å². The predicted molar refractivity (Wildman–Crippen MR) is 100.0 cm³/mol. The van der Waals surface area contributed by atoms with Crippen LogP contribution >= 0.6 is 0 Å². The van der Waals surface area contributed by atoms with E-state index in [9.17, 15) is 4.79 Å². The third-order valence-electron chi connectivity index (χ3n) is 3.75. The molecule has 0 heterocycles. The van der Waals surface area contributed by atoms with Gasteiger partial charge >= 0.3 is 0 Å². The van der Waals surface area contributed by atoms with Crippen LogP contribution in [-0.2, 0) is 0 Å². The van der Waals surface area contributed by atoms with Crippen molar-refractivity contribution in [1.82, 2.24) is 0 Å². The van der Waals surface area contributed by atoms with Gasteiger partial charge in [-0.2, -0.15) is 0 Å². The monoisotopic (exact) mass is 313 g/mol. The highest BCUT2D eigenvalue weighted by Crippen LogP contribution is 2.19. The zero-order valence-electron chi connectivity index (χ0n) is 13.6. The van der Waals surface area contributed by atoms with Gasteiger partial charge < -0.3 is 5.32 Å². The Morgan fingerprint density at radius 1 is 0.750 bits per heavy atom. The van der Waals surface area contributed by atoms with Crippen LogP contribution in [0.2, 0.25) is 0 Å². The molecule has 0 radical (unpaired) electrons. The van der Waals surface area contributed by atoms with Crippen LogP contribution in [0.5, 0.6) is 0 Å². The van der Waals surface area contributed by atoms with Crippen molar-refractivity contribution in [1.29, 1.82) is 0 Å². The highest BCUT2D eigenvalue weighted by molar-refractivity contribution is 6.09. The number of carbonyl (C=O) groups is 1. The van der Waals surface area contributed by atoms with Crippen LogP contribution in [0.1, 0.15) is 21.5 Å². The number of hydrogen-bond donors (Lipinski definition) is 1. The Labute approximate surface area is 142 Å². The largest absolute Gasteiger partial charge is 0.355 e. The van der Waals surface area contributed by atoms with E-state index in [0.29, 0.717) is 5.56 Å². The van der Waals surface area contributed by atoms with Gasteiger partial charge in [0.05, 0.1) is 0 Å². The second-order valence-corrected chi connectivity index (χ2v) is 5.65. The fraction of sp³-hybridized carbons (Fsp3) is 0.0455. The molecule has 0 aromatic heterocycles. The molecule has 2 nitrogen and oxygen atoms in total. The van der Waals surface area contributed by atoms with E-state index in [2.05, 4.69) is 5.32 Å². The van der Waals surface area contributed by atoms with Gasteiger partial charge in [-0.1, -0.05) is 78.4 Å². The number of benzene rings is 3. The number of nitrogens with one attached hydrogen (secondary N) is 1. The van der Waals surface area contributed by atoms with Crippen molar-refractivity contribution in [2.24, 2.45) is 0 Å². The van der Waals surface area contributed by atoms with Crippen molar-refractivity contribution in [2.75, 3.05) is 5.32 Å². The third-order valence-corrected chi connectivity index (χ3v) is 3.75. The van der Waals surface area contributed by atoms with Gasteiger partial charge in [0.15, 0.2) is 5.78 Å². The smallest absolute Gasteiger partial charge is 0.187 e. The van der Waals surface area contributed by atoms with Crippen molar-refractivity contribution in [3.05, 3.63) is 108 Å². The van der Waals surface area contributed by atoms with Crippen molar-refractivity contribution in [2.45, 2.75) is 6.92 Å². The molecule has 0 aliphatic carbocycles. The van der Waals surface area contributed by atoms with Gasteiger partial charge in [0.1, 0.15) is 0 Å². The van der Waals surface area contributed by atoms with Crippen molar-refractivity contribution in [3.63, 3.8) is 0 Å². The fourth-order valence-electron chi connectivity index (χ4n) is 2.42. The van der Waals surface area contributed by atoms with E-state index >= 15 is 0 Å². The lowest BCUT2D eigenvalue weighted by atomic mass is 10.1. The van der Waals surface area contributed by atoms with Gasteiger partial charge in [-0.05, 0) is 24.6 Å². The van der Waals surface area contributed by atoms with Gasteiger partial charge in [0.2, 0.25) is 0 Å². The Morgan fingerprint density at radius 3 is 1.96 bits per heavy atom. The first-order valence-electron chi connectivity index (χ1n) is 7.92. The number of ketones is 1. The number of rotatable bonds is 5. The SMILES string of the molecule is Cc1ccc(C(=O)/C=C(\Nc2ccccc2)c2ccccc2)cc1. The molecule has 2 heteroatoms. The third kappa shape index (κ3) is 3.99. The molecule has 0 saturated carbocycles. The first kappa shape index (κ1) is 15.8. The van der Waals surface area contributed by atoms with Crippen LogP contribution in [-0.4, -0.2) is 5.78 Å². The summed E-state index contributed by atoms with van der Waals surface area (Å²) in [4.78, 5) is 12.6. The van der Waals surface area contributed by atoms with Crippen LogP contribution in [0, 0.1) is 6.92 Å². The lowest BCUT2D eigenvalue weighted by Crippen LogP contribution is -2.03. The van der Waals surface area contributed by atoms with Crippen molar-refractivity contribution >= 4 is 17.2 Å². The molecule has 0 saturated heterocycles. The summed E-state index contributed by atoms with van der Waals surface area (Å²) in [5.74, 6) is -0.0164. The molecule has 118 valence electrons. The Kier molecular flexibility index (Phi) is 4.87. The molecule has 0 atom stereocenters. The van der Waals surface area contributed by atoms with Crippen LogP contribution in [0.4, 0.5) is 5.69 Å². The average molecular weight is 313 g/mol. The molecule has 3 rings (SSSR count). The Bertz CT molecular complexity index is 834. The summed E-state index contributed by atoms with van der Waals surface area (Å²) < 4.78 is 0. The Morgan fingerprint density at radius 2 is 1.33 bits per heavy atom. The molecule has 0 bridgehead atoms. The molecule has 0 amide bonds. The standard InChI is InChI=1S/C22H19NO/c1-17-12-14-19(15-13-17)22(24)16-21(18-8-4-2-5-9-18)23-20-10-6-3-7-11-20/h2-16,23H,1H3/b21-16-. The molecule has 0 aliphatic rings. The topological polar surface area (TPSA) is 29.1 Å². The van der Waals surface area contributed by atoms with E-state index in [4.69, 9.17) is 0 Å². The van der Waals surface area contributed by atoms with Crippen LogP contribution in [0.3, 0.4) is 0 Å². The second-order valence-electron chi connectivity index (χ2n) is 5.65. The Balaban J connectivity index is 1.94. The number of anilines is 1. The van der Waals surface area contributed by atoms with E-state index in [1.165, 1.54) is 0 Å². The number of para-hydroxylation sites is 1. The van der Waals surface area contributed by atoms with E-state index in [1.54, 1.807) is 6.08 Å². The van der Waals surface area contributed by atoms with E-state index in [1.807, 2.05) is 91.9 Å². The maximum Gasteiger partial charge on any atom is 0.187 e. The molecule has 0 fully saturated rings.